The van der Waals surface area contributed by atoms with Crippen LogP contribution in [0.15, 0.2) is 0 Å². The van der Waals surface area contributed by atoms with Crippen LogP contribution in [0, 0.1) is 0 Å². The summed E-state index contributed by atoms with van der Waals surface area (Å²) in [6, 6.07) is 0. The number of hydrogen-bond acceptors (Lipinski definition) is 2. The maximum atomic E-state index is 4.85. The molecule has 0 aromatic carbocycles. The fourth-order valence-electron chi connectivity index (χ4n) is 0.289. The van der Waals surface area contributed by atoms with Crippen molar-refractivity contribution in [2.24, 2.45) is 5.73 Å². The second-order valence-electron chi connectivity index (χ2n) is 1.75. The number of hydrogen-bond donors (Lipinski definition) is 1. The third-order valence-corrected chi connectivity index (χ3v) is 0.702. The molecule has 0 bridgehead atoms. The highest BCUT2D eigenvalue weighted by Crippen LogP contribution is 1.83. The lowest BCUT2D eigenvalue weighted by Crippen LogP contribution is -1.87. The van der Waals surface area contributed by atoms with Crippen LogP contribution in [0.4, 0.5) is 0 Å². The molecule has 0 aliphatic heterocycles. The zero-order chi connectivity index (χ0) is 7.54. The molecule has 0 saturated heterocycles. The molecule has 0 fully saturated rings. The summed E-state index contributed by atoms with van der Waals surface area (Å²) in [5.41, 5.74) is 4.85. The second kappa shape index (κ2) is 15.7. The predicted octanol–water partition coefficient (Wildman–Crippen LogP) is 1.40. The molecule has 0 aromatic rings. The van der Waals surface area contributed by atoms with Crippen LogP contribution in [0.1, 0.15) is 26.7 Å². The van der Waals surface area contributed by atoms with Gasteiger partial charge in [-0.05, 0) is 13.0 Å². The molecule has 0 aliphatic rings. The standard InChI is InChI=1S/C5H12O.C2H7N/c1-3-4-5-6-2;1-2-3/h3-5H2,1-2H3;2-3H2,1H3. The average Bonchev–Trinajstić information content (AvgIpc) is 1.86. The summed E-state index contributed by atoms with van der Waals surface area (Å²) < 4.78 is 4.78. The Morgan fingerprint density at radius 1 is 1.33 bits per heavy atom. The van der Waals surface area contributed by atoms with E-state index in [9.17, 15) is 0 Å². The van der Waals surface area contributed by atoms with Crippen molar-refractivity contribution in [1.82, 2.24) is 0 Å². The minimum Gasteiger partial charge on any atom is -0.385 e. The first-order valence-corrected chi connectivity index (χ1v) is 3.52. The van der Waals surface area contributed by atoms with E-state index in [0.717, 1.165) is 13.2 Å². The Balaban J connectivity index is 0. The van der Waals surface area contributed by atoms with Crippen molar-refractivity contribution in [3.05, 3.63) is 0 Å². The first-order valence-electron chi connectivity index (χ1n) is 3.52. The molecular formula is C7H19NO. The normalized spacial score (nSPS) is 8.00. The summed E-state index contributed by atoms with van der Waals surface area (Å²) in [6.45, 7) is 5.72. The van der Waals surface area contributed by atoms with Crippen LogP contribution in [0.3, 0.4) is 0 Å². The van der Waals surface area contributed by atoms with Crippen molar-refractivity contribution >= 4 is 0 Å². The number of ether oxygens (including phenoxy) is 1. The van der Waals surface area contributed by atoms with Gasteiger partial charge in [-0.2, -0.15) is 0 Å². The molecule has 58 valence electrons. The van der Waals surface area contributed by atoms with E-state index in [1.54, 1.807) is 7.11 Å². The molecule has 0 unspecified atom stereocenters. The lowest BCUT2D eigenvalue weighted by atomic mass is 10.4. The van der Waals surface area contributed by atoms with Gasteiger partial charge >= 0.3 is 0 Å². The minimum atomic E-state index is 0.750. The SMILES string of the molecule is CCCCOC.CCN. The molecule has 0 amide bonds. The van der Waals surface area contributed by atoms with Crippen molar-refractivity contribution in [3.8, 4) is 0 Å². The highest BCUT2D eigenvalue weighted by molar-refractivity contribution is 4.26. The lowest BCUT2D eigenvalue weighted by molar-refractivity contribution is 0.194. The summed E-state index contributed by atoms with van der Waals surface area (Å²) in [6.07, 6.45) is 2.42. The summed E-state index contributed by atoms with van der Waals surface area (Å²) in [7, 11) is 1.73. The van der Waals surface area contributed by atoms with E-state index >= 15 is 0 Å². The number of nitrogens with two attached hydrogens (primary N) is 1. The molecule has 0 radical (unpaired) electrons. The lowest BCUT2D eigenvalue weighted by Gasteiger charge is -1.89. The van der Waals surface area contributed by atoms with Crippen molar-refractivity contribution in [2.75, 3.05) is 20.3 Å². The molecule has 2 nitrogen and oxygen atoms in total. The molecule has 0 aromatic heterocycles. The zero-order valence-electron chi connectivity index (χ0n) is 6.81. The zero-order valence-corrected chi connectivity index (χ0v) is 6.81. The van der Waals surface area contributed by atoms with Gasteiger partial charge in [-0.15, -0.1) is 0 Å². The van der Waals surface area contributed by atoms with Crippen molar-refractivity contribution in [1.29, 1.82) is 0 Å². The summed E-state index contributed by atoms with van der Waals surface area (Å²) >= 11 is 0. The predicted molar refractivity (Wildman–Crippen MR) is 41.5 cm³/mol. The topological polar surface area (TPSA) is 35.2 Å². The average molecular weight is 133 g/mol. The van der Waals surface area contributed by atoms with Gasteiger partial charge in [-0.3, -0.25) is 0 Å². The van der Waals surface area contributed by atoms with Crippen molar-refractivity contribution in [2.45, 2.75) is 26.7 Å². The van der Waals surface area contributed by atoms with Crippen LogP contribution in [-0.2, 0) is 4.74 Å². The Bertz CT molecular complexity index is 28.1. The Kier molecular flexibility index (Phi) is 20.3. The first-order chi connectivity index (χ1) is 4.33. The second-order valence-corrected chi connectivity index (χ2v) is 1.75. The Morgan fingerprint density at radius 3 is 1.89 bits per heavy atom. The summed E-state index contributed by atoms with van der Waals surface area (Å²) in [5.74, 6) is 0. The molecule has 0 heterocycles. The van der Waals surface area contributed by atoms with Gasteiger partial charge in [0, 0.05) is 13.7 Å². The molecular weight excluding hydrogens is 114 g/mol. The highest BCUT2D eigenvalue weighted by Gasteiger charge is 1.74. The highest BCUT2D eigenvalue weighted by atomic mass is 16.5. The quantitative estimate of drug-likeness (QED) is 0.591. The number of methoxy groups -OCH3 is 1. The van der Waals surface area contributed by atoms with Gasteiger partial charge < -0.3 is 10.5 Å². The van der Waals surface area contributed by atoms with Crippen LogP contribution < -0.4 is 5.73 Å². The fraction of sp³-hybridized carbons (Fsp3) is 1.00. The maximum Gasteiger partial charge on any atom is 0.0462 e. The molecule has 0 spiro atoms. The van der Waals surface area contributed by atoms with Gasteiger partial charge in [0.25, 0.3) is 0 Å². The van der Waals surface area contributed by atoms with E-state index in [0.29, 0.717) is 0 Å². The van der Waals surface area contributed by atoms with Crippen LogP contribution in [0.5, 0.6) is 0 Å². The van der Waals surface area contributed by atoms with Crippen LogP contribution in [-0.4, -0.2) is 20.3 Å². The van der Waals surface area contributed by atoms with Gasteiger partial charge in [0.15, 0.2) is 0 Å². The van der Waals surface area contributed by atoms with Crippen LogP contribution >= 0.6 is 0 Å². The van der Waals surface area contributed by atoms with E-state index < -0.39 is 0 Å². The minimum absolute atomic E-state index is 0.750. The van der Waals surface area contributed by atoms with Gasteiger partial charge in [0.2, 0.25) is 0 Å². The third kappa shape index (κ3) is 32.6. The van der Waals surface area contributed by atoms with Crippen LogP contribution in [0.25, 0.3) is 0 Å². The van der Waals surface area contributed by atoms with Crippen molar-refractivity contribution < 1.29 is 4.74 Å². The molecule has 0 rings (SSSR count). The van der Waals surface area contributed by atoms with E-state index in [1.165, 1.54) is 12.8 Å². The van der Waals surface area contributed by atoms with E-state index in [4.69, 9.17) is 10.5 Å². The Hall–Kier alpha value is -0.0800. The number of rotatable bonds is 3. The van der Waals surface area contributed by atoms with Gasteiger partial charge in [-0.1, -0.05) is 20.3 Å². The molecule has 9 heavy (non-hydrogen) atoms. The number of unbranched alkanes of at least 4 members (excludes halogenated alkanes) is 1. The largest absolute Gasteiger partial charge is 0.385 e. The smallest absolute Gasteiger partial charge is 0.0462 e. The third-order valence-electron chi connectivity index (χ3n) is 0.702. The molecule has 2 N–H and O–H groups in total. The summed E-state index contributed by atoms with van der Waals surface area (Å²) in [4.78, 5) is 0. The first kappa shape index (κ1) is 11.7. The summed E-state index contributed by atoms with van der Waals surface area (Å²) in [5, 5.41) is 0. The molecule has 0 aliphatic carbocycles. The van der Waals surface area contributed by atoms with Crippen molar-refractivity contribution in [3.63, 3.8) is 0 Å². The van der Waals surface area contributed by atoms with E-state index in [1.807, 2.05) is 6.92 Å². The monoisotopic (exact) mass is 133 g/mol. The maximum absolute atomic E-state index is 4.85. The molecule has 0 saturated carbocycles. The van der Waals surface area contributed by atoms with E-state index in [-0.39, 0.29) is 0 Å². The van der Waals surface area contributed by atoms with Crippen LogP contribution in [0.2, 0.25) is 0 Å². The van der Waals surface area contributed by atoms with Gasteiger partial charge in [-0.25, -0.2) is 0 Å². The van der Waals surface area contributed by atoms with Gasteiger partial charge in [0.05, 0.1) is 0 Å². The Labute approximate surface area is 58.4 Å². The molecule has 0 atom stereocenters. The fourth-order valence-corrected chi connectivity index (χ4v) is 0.289. The Morgan fingerprint density at radius 2 is 1.78 bits per heavy atom. The molecule has 2 heteroatoms. The van der Waals surface area contributed by atoms with E-state index in [2.05, 4.69) is 6.92 Å². The van der Waals surface area contributed by atoms with Gasteiger partial charge in [0.1, 0.15) is 0 Å².